The molecule has 0 aliphatic carbocycles. The minimum atomic E-state index is -0.723. The molecule has 1 saturated heterocycles. The van der Waals surface area contributed by atoms with E-state index in [0.29, 0.717) is 37.9 Å². The van der Waals surface area contributed by atoms with Gasteiger partial charge in [0.05, 0.1) is 30.5 Å². The average Bonchev–Trinajstić information content (AvgIpc) is 3.37. The van der Waals surface area contributed by atoms with Gasteiger partial charge in [-0.15, -0.1) is 5.10 Å². The maximum absolute atomic E-state index is 14.4. The zero-order valence-corrected chi connectivity index (χ0v) is 25.9. The highest BCUT2D eigenvalue weighted by molar-refractivity contribution is 5.94. The van der Waals surface area contributed by atoms with Crippen molar-refractivity contribution < 1.29 is 29.1 Å². The topological polar surface area (TPSA) is 130 Å². The van der Waals surface area contributed by atoms with Crippen molar-refractivity contribution in [3.8, 4) is 5.69 Å². The van der Waals surface area contributed by atoms with Crippen LogP contribution in [0.2, 0.25) is 0 Å². The van der Waals surface area contributed by atoms with Crippen molar-refractivity contribution in [1.29, 1.82) is 0 Å². The summed E-state index contributed by atoms with van der Waals surface area (Å²) in [5, 5.41) is 19.2. The van der Waals surface area contributed by atoms with Gasteiger partial charge in [0.15, 0.2) is 5.69 Å². The van der Waals surface area contributed by atoms with Crippen molar-refractivity contribution in [1.82, 2.24) is 29.9 Å². The van der Waals surface area contributed by atoms with Crippen LogP contribution in [0.25, 0.3) is 5.69 Å². The summed E-state index contributed by atoms with van der Waals surface area (Å²) in [5.74, 6) is -1.10. The number of rotatable bonds is 11. The predicted molar refractivity (Wildman–Crippen MR) is 157 cm³/mol. The monoisotopic (exact) mass is 586 g/mol. The molecule has 2 aromatic rings. The number of hydrogen-bond acceptors (Lipinski definition) is 8. The lowest BCUT2D eigenvalue weighted by atomic mass is 9.91. The summed E-state index contributed by atoms with van der Waals surface area (Å²) in [4.78, 5) is 49.2. The average molecular weight is 587 g/mol. The van der Waals surface area contributed by atoms with E-state index in [1.165, 1.54) is 19.1 Å². The number of hydroxylamine groups is 2. The number of piperidine rings is 1. The van der Waals surface area contributed by atoms with Gasteiger partial charge >= 0.3 is 6.09 Å². The molecule has 1 aromatic carbocycles. The second kappa shape index (κ2) is 14.6. The highest BCUT2D eigenvalue weighted by Crippen LogP contribution is 2.27. The van der Waals surface area contributed by atoms with E-state index >= 15 is 0 Å². The highest BCUT2D eigenvalue weighted by Gasteiger charge is 2.41. The van der Waals surface area contributed by atoms with Gasteiger partial charge in [0.25, 0.3) is 11.8 Å². The maximum atomic E-state index is 14.4. The van der Waals surface area contributed by atoms with Gasteiger partial charge in [0.1, 0.15) is 5.60 Å². The Hall–Kier alpha value is -3.51. The molecule has 3 rings (SSSR count). The number of carbonyl (C=O) groups excluding carboxylic acids is 3. The molecule has 1 fully saturated rings. The van der Waals surface area contributed by atoms with Gasteiger partial charge in [-0.05, 0) is 64.5 Å². The van der Waals surface area contributed by atoms with Crippen molar-refractivity contribution >= 4 is 17.9 Å². The van der Waals surface area contributed by atoms with Crippen LogP contribution in [0.1, 0.15) is 70.1 Å². The Morgan fingerprint density at radius 2 is 1.81 bits per heavy atom. The third-order valence-corrected chi connectivity index (χ3v) is 7.07. The lowest BCUT2D eigenvalue weighted by Crippen LogP contribution is -2.57. The molecule has 12 heteroatoms. The van der Waals surface area contributed by atoms with Gasteiger partial charge in [-0.3, -0.25) is 14.4 Å². The molecule has 1 aliphatic rings. The number of para-hydroxylation sites is 1. The van der Waals surface area contributed by atoms with Crippen LogP contribution < -0.4 is 0 Å². The summed E-state index contributed by atoms with van der Waals surface area (Å²) < 4.78 is 7.33. The number of nitrogens with zero attached hydrogens (tertiary/aromatic N) is 6. The first-order valence-electron chi connectivity index (χ1n) is 14.6. The summed E-state index contributed by atoms with van der Waals surface area (Å²) >= 11 is 0. The van der Waals surface area contributed by atoms with E-state index in [1.807, 2.05) is 44.2 Å². The Kier molecular flexibility index (Phi) is 11.5. The van der Waals surface area contributed by atoms with Crippen LogP contribution in [-0.2, 0) is 20.8 Å². The number of aliphatic hydroxyl groups is 1. The van der Waals surface area contributed by atoms with Crippen LogP contribution in [-0.4, -0.2) is 105 Å². The molecule has 2 heterocycles. The van der Waals surface area contributed by atoms with Crippen LogP contribution in [0.15, 0.2) is 30.3 Å². The summed E-state index contributed by atoms with van der Waals surface area (Å²) in [6, 6.07) is 9.00. The number of ether oxygens (including phenoxy) is 1. The van der Waals surface area contributed by atoms with E-state index in [9.17, 15) is 19.5 Å². The number of benzene rings is 1. The molecule has 12 nitrogen and oxygen atoms in total. The molecule has 0 radical (unpaired) electrons. The van der Waals surface area contributed by atoms with Gasteiger partial charge in [-0.2, -0.15) is 0 Å². The first-order chi connectivity index (χ1) is 19.9. The second-order valence-corrected chi connectivity index (χ2v) is 12.2. The van der Waals surface area contributed by atoms with E-state index in [4.69, 9.17) is 9.57 Å². The van der Waals surface area contributed by atoms with Gasteiger partial charge < -0.3 is 19.6 Å². The van der Waals surface area contributed by atoms with E-state index in [0.717, 1.165) is 10.8 Å². The molecule has 0 saturated carbocycles. The van der Waals surface area contributed by atoms with Gasteiger partial charge in [0, 0.05) is 33.3 Å². The molecule has 1 aliphatic heterocycles. The summed E-state index contributed by atoms with van der Waals surface area (Å²) in [6.45, 7) is 10.2. The highest BCUT2D eigenvalue weighted by atomic mass is 16.7. The summed E-state index contributed by atoms with van der Waals surface area (Å²) in [7, 11) is 2.94. The Balaban J connectivity index is 2.02. The van der Waals surface area contributed by atoms with Gasteiger partial charge in [-0.1, -0.05) is 37.3 Å². The van der Waals surface area contributed by atoms with Crippen molar-refractivity contribution in [3.63, 3.8) is 0 Å². The van der Waals surface area contributed by atoms with E-state index in [1.54, 1.807) is 30.4 Å². The zero-order chi connectivity index (χ0) is 31.0. The van der Waals surface area contributed by atoms with Crippen molar-refractivity contribution in [2.45, 2.75) is 71.9 Å². The Morgan fingerprint density at radius 3 is 2.40 bits per heavy atom. The molecular weight excluding hydrogens is 540 g/mol. The minimum absolute atomic E-state index is 0.0452. The van der Waals surface area contributed by atoms with Crippen LogP contribution in [0.4, 0.5) is 4.79 Å². The maximum Gasteiger partial charge on any atom is 0.410 e. The molecule has 1 aromatic heterocycles. The second-order valence-electron chi connectivity index (χ2n) is 12.2. The van der Waals surface area contributed by atoms with Crippen molar-refractivity contribution in [3.05, 3.63) is 41.7 Å². The Bertz CT molecular complexity index is 1190. The lowest BCUT2D eigenvalue weighted by molar-refractivity contribution is -0.175. The van der Waals surface area contributed by atoms with Gasteiger partial charge in [-0.25, -0.2) is 14.5 Å². The number of likely N-dealkylation sites (tertiary alicyclic amines) is 1. The molecule has 1 unspecified atom stereocenters. The van der Waals surface area contributed by atoms with Crippen LogP contribution >= 0.6 is 0 Å². The fourth-order valence-corrected chi connectivity index (χ4v) is 5.10. The van der Waals surface area contributed by atoms with Crippen molar-refractivity contribution in [2.75, 3.05) is 40.4 Å². The van der Waals surface area contributed by atoms with Crippen LogP contribution in [0.3, 0.4) is 0 Å². The molecule has 1 N–H and O–H groups in total. The number of unbranched alkanes of at least 4 members (excludes halogenated alkanes) is 1. The fraction of sp³-hybridized carbons (Fsp3) is 0.633. The molecule has 3 amide bonds. The minimum Gasteiger partial charge on any atom is -0.444 e. The third kappa shape index (κ3) is 8.51. The van der Waals surface area contributed by atoms with E-state index in [-0.39, 0.29) is 43.1 Å². The molecule has 2 atom stereocenters. The smallest absolute Gasteiger partial charge is 0.410 e. The summed E-state index contributed by atoms with van der Waals surface area (Å²) in [6.07, 6.45) is 1.52. The fourth-order valence-electron chi connectivity index (χ4n) is 5.10. The van der Waals surface area contributed by atoms with Crippen molar-refractivity contribution in [2.24, 2.45) is 11.8 Å². The SMILES string of the molecule is CON(C)C(=O)C1C[C@H](N(CC(C)C)C(=O)c2nnn(-c3ccccc3)c2CCCCO)CN(C(=O)OC(C)(C)C)C1. The number of amides is 3. The lowest BCUT2D eigenvalue weighted by Gasteiger charge is -2.43. The molecule has 232 valence electrons. The molecule has 0 spiro atoms. The van der Waals surface area contributed by atoms with E-state index in [2.05, 4.69) is 10.3 Å². The Labute approximate surface area is 248 Å². The van der Waals surface area contributed by atoms with Gasteiger partial charge in [0.2, 0.25) is 0 Å². The predicted octanol–water partition coefficient (Wildman–Crippen LogP) is 3.33. The number of hydrogen-bond donors (Lipinski definition) is 1. The van der Waals surface area contributed by atoms with E-state index < -0.39 is 23.7 Å². The quantitative estimate of drug-likeness (QED) is 0.314. The first kappa shape index (κ1) is 33.0. The summed E-state index contributed by atoms with van der Waals surface area (Å²) in [5.41, 5.74) is 0.934. The molecule has 0 bridgehead atoms. The largest absolute Gasteiger partial charge is 0.444 e. The molecular formula is C30H46N6O6. The van der Waals surface area contributed by atoms with Crippen LogP contribution in [0, 0.1) is 11.8 Å². The normalized spacial score (nSPS) is 17.3. The number of aliphatic hydroxyl groups excluding tert-OH is 1. The first-order valence-corrected chi connectivity index (χ1v) is 14.6. The third-order valence-electron chi connectivity index (χ3n) is 7.07. The van der Waals surface area contributed by atoms with Crippen LogP contribution in [0.5, 0.6) is 0 Å². The number of aromatic nitrogens is 3. The molecule has 42 heavy (non-hydrogen) atoms. The Morgan fingerprint density at radius 1 is 1.12 bits per heavy atom. The standard InChI is InChI=1S/C30H46N6O6/c1-21(2)18-35(24-17-22(27(38)33(6)41-7)19-34(20-24)29(40)42-30(3,4)5)28(39)26-25(15-11-12-16-37)36(32-31-26)23-13-9-8-10-14-23/h8-10,13-14,21-22,24,37H,11-12,15-20H2,1-7H3/t22?,24-/m0/s1. The zero-order valence-electron chi connectivity index (χ0n) is 25.9. The number of carbonyl (C=O) groups is 3.